The number of aryl methyl sites for hydroxylation is 1. The lowest BCUT2D eigenvalue weighted by molar-refractivity contribution is -0.157. The van der Waals surface area contributed by atoms with Crippen molar-refractivity contribution < 1.29 is 18.8 Å². The molecule has 2 unspecified atom stereocenters. The molecule has 1 saturated heterocycles. The first-order valence-electron chi connectivity index (χ1n) is 8.23. The van der Waals surface area contributed by atoms with Crippen LogP contribution in [-0.4, -0.2) is 30.9 Å². The van der Waals surface area contributed by atoms with Crippen molar-refractivity contribution in [2.45, 2.75) is 64.8 Å². The van der Waals surface area contributed by atoms with Crippen LogP contribution >= 0.6 is 0 Å². The third kappa shape index (κ3) is 5.66. The van der Waals surface area contributed by atoms with Crippen LogP contribution in [0.1, 0.15) is 45.6 Å². The summed E-state index contributed by atoms with van der Waals surface area (Å²) in [5.41, 5.74) is 1.51. The molecule has 6 heteroatoms. The Hall–Kier alpha value is -1.84. The van der Waals surface area contributed by atoms with Crippen LogP contribution in [0.4, 0.5) is 0 Å². The lowest BCUT2D eigenvalue weighted by atomic mass is 9.76. The molecule has 1 heterocycles. The predicted molar refractivity (Wildman–Crippen MR) is 91.6 cm³/mol. The summed E-state index contributed by atoms with van der Waals surface area (Å²) in [6.07, 6.45) is 0.372. The Bertz CT molecular complexity index is 603. The van der Waals surface area contributed by atoms with Gasteiger partial charge in [-0.25, -0.2) is 0 Å². The van der Waals surface area contributed by atoms with E-state index in [1.54, 1.807) is 0 Å². The van der Waals surface area contributed by atoms with E-state index in [0.29, 0.717) is 6.42 Å². The van der Waals surface area contributed by atoms with Gasteiger partial charge in [-0.05, 0) is 39.6 Å². The van der Waals surface area contributed by atoms with E-state index < -0.39 is 12.7 Å². The normalized spacial score (nSPS) is 21.2. The van der Waals surface area contributed by atoms with Gasteiger partial charge in [-0.3, -0.25) is 4.79 Å². The number of carbonyl (C=O) groups is 1. The highest BCUT2D eigenvalue weighted by atomic mass is 16.6. The van der Waals surface area contributed by atoms with Gasteiger partial charge in [-0.2, -0.15) is 5.26 Å². The van der Waals surface area contributed by atoms with Gasteiger partial charge in [-0.15, -0.1) is 0 Å². The molecule has 0 saturated carbocycles. The maximum atomic E-state index is 12.1. The van der Waals surface area contributed by atoms with Gasteiger partial charge in [0, 0.05) is 0 Å². The van der Waals surface area contributed by atoms with Crippen LogP contribution in [0.3, 0.4) is 0 Å². The van der Waals surface area contributed by atoms with E-state index in [9.17, 15) is 4.79 Å². The van der Waals surface area contributed by atoms with Gasteiger partial charge < -0.3 is 14.0 Å². The summed E-state index contributed by atoms with van der Waals surface area (Å²) in [4.78, 5) is 12.1. The van der Waals surface area contributed by atoms with Gasteiger partial charge in [0.15, 0.2) is 0 Å². The fourth-order valence-electron chi connectivity index (χ4n) is 2.60. The number of hydrogen-bond donors (Lipinski definition) is 0. The molecule has 2 rings (SSSR count). The molecule has 0 aromatic heterocycles. The Morgan fingerprint density at radius 3 is 2.50 bits per heavy atom. The van der Waals surface area contributed by atoms with Gasteiger partial charge in [0.25, 0.3) is 0 Å². The van der Waals surface area contributed by atoms with Gasteiger partial charge in [0.05, 0.1) is 31.1 Å². The molecule has 1 aromatic carbocycles. The number of nitrogens with zero attached hydrogens (tertiary/aromatic N) is 1. The topological polar surface area (TPSA) is 68.5 Å². The van der Waals surface area contributed by atoms with Crippen molar-refractivity contribution in [3.8, 4) is 6.07 Å². The van der Waals surface area contributed by atoms with E-state index in [1.165, 1.54) is 0 Å². The van der Waals surface area contributed by atoms with Crippen LogP contribution in [0, 0.1) is 18.3 Å². The summed E-state index contributed by atoms with van der Waals surface area (Å²) >= 11 is 0. The van der Waals surface area contributed by atoms with Crippen molar-refractivity contribution in [1.82, 2.24) is 0 Å². The number of benzene rings is 1. The van der Waals surface area contributed by atoms with Crippen LogP contribution in [-0.2, 0) is 18.8 Å². The Kier molecular flexibility index (Phi) is 6.03. The third-order valence-electron chi connectivity index (χ3n) is 3.64. The molecule has 1 fully saturated rings. The first-order valence-corrected chi connectivity index (χ1v) is 8.23. The van der Waals surface area contributed by atoms with Crippen molar-refractivity contribution in [3.05, 3.63) is 29.8 Å². The first-order chi connectivity index (χ1) is 11.3. The summed E-state index contributed by atoms with van der Waals surface area (Å²) in [5.74, 6) is -0.298. The van der Waals surface area contributed by atoms with E-state index in [4.69, 9.17) is 19.3 Å². The Morgan fingerprint density at radius 1 is 1.29 bits per heavy atom. The molecule has 24 heavy (non-hydrogen) atoms. The molecule has 0 spiro atoms. The number of rotatable bonds is 4. The van der Waals surface area contributed by atoms with E-state index in [-0.39, 0.29) is 31.0 Å². The summed E-state index contributed by atoms with van der Waals surface area (Å²) in [5, 5.41) is 8.97. The number of hydrogen-bond acceptors (Lipinski definition) is 5. The summed E-state index contributed by atoms with van der Waals surface area (Å²) < 4.78 is 17.2. The molecule has 0 N–H and O–H groups in total. The van der Waals surface area contributed by atoms with Gasteiger partial charge >= 0.3 is 13.1 Å². The van der Waals surface area contributed by atoms with Crippen LogP contribution in [0.5, 0.6) is 0 Å². The minimum Gasteiger partial charge on any atom is -0.460 e. The van der Waals surface area contributed by atoms with Gasteiger partial charge in [0.1, 0.15) is 5.60 Å². The smallest absolute Gasteiger partial charge is 0.460 e. The minimum atomic E-state index is -0.565. The molecule has 2 atom stereocenters. The molecule has 0 radical (unpaired) electrons. The van der Waals surface area contributed by atoms with Crippen molar-refractivity contribution in [2.75, 3.05) is 0 Å². The standard InChI is InChI=1S/C18H24BNO4/c1-13-5-7-14(8-6-13)19-23-15(9-10-20)11-16(24-19)12-17(21)22-18(2,3)4/h5-8,15-16H,9,11-12H2,1-4H3. The molecule has 0 amide bonds. The summed E-state index contributed by atoms with van der Waals surface area (Å²) in [6.45, 7) is 7.52. The fourth-order valence-corrected chi connectivity index (χ4v) is 2.60. The molecule has 1 aliphatic rings. The highest BCUT2D eigenvalue weighted by Crippen LogP contribution is 2.22. The van der Waals surface area contributed by atoms with Crippen LogP contribution in [0.2, 0.25) is 0 Å². The predicted octanol–water partition coefficient (Wildman–Crippen LogP) is 2.51. The SMILES string of the molecule is Cc1ccc(B2OC(CC#N)CC(CC(=O)OC(C)(C)C)O2)cc1. The highest BCUT2D eigenvalue weighted by molar-refractivity contribution is 6.61. The quantitative estimate of drug-likeness (QED) is 0.627. The first kappa shape index (κ1) is 18.5. The maximum absolute atomic E-state index is 12.1. The number of ether oxygens (including phenoxy) is 1. The van der Waals surface area contributed by atoms with E-state index >= 15 is 0 Å². The minimum absolute atomic E-state index is 0.158. The van der Waals surface area contributed by atoms with E-state index in [1.807, 2.05) is 52.0 Å². The van der Waals surface area contributed by atoms with Crippen molar-refractivity contribution in [2.24, 2.45) is 0 Å². The summed E-state index contributed by atoms with van der Waals surface area (Å²) in [6, 6.07) is 9.99. The third-order valence-corrected chi connectivity index (χ3v) is 3.64. The molecule has 1 aromatic rings. The Balaban J connectivity index is 2.06. The van der Waals surface area contributed by atoms with Crippen molar-refractivity contribution >= 4 is 18.6 Å². The average Bonchev–Trinajstić information content (AvgIpc) is 2.46. The monoisotopic (exact) mass is 329 g/mol. The van der Waals surface area contributed by atoms with E-state index in [0.717, 1.165) is 11.0 Å². The van der Waals surface area contributed by atoms with Crippen LogP contribution in [0.15, 0.2) is 24.3 Å². The highest BCUT2D eigenvalue weighted by Gasteiger charge is 2.36. The molecule has 128 valence electrons. The second kappa shape index (κ2) is 7.82. The van der Waals surface area contributed by atoms with Gasteiger partial charge in [0.2, 0.25) is 0 Å². The molecule has 1 aliphatic heterocycles. The zero-order valence-corrected chi connectivity index (χ0v) is 14.7. The Morgan fingerprint density at radius 2 is 1.92 bits per heavy atom. The molecule has 5 nitrogen and oxygen atoms in total. The lowest BCUT2D eigenvalue weighted by Gasteiger charge is -2.33. The van der Waals surface area contributed by atoms with Crippen LogP contribution in [0.25, 0.3) is 0 Å². The largest absolute Gasteiger partial charge is 0.494 e. The fraction of sp³-hybridized carbons (Fsp3) is 0.556. The zero-order valence-electron chi connectivity index (χ0n) is 14.7. The van der Waals surface area contributed by atoms with Crippen molar-refractivity contribution in [1.29, 1.82) is 5.26 Å². The van der Waals surface area contributed by atoms with Crippen molar-refractivity contribution in [3.63, 3.8) is 0 Å². The summed E-state index contributed by atoms with van der Waals surface area (Å²) in [7, 11) is -0.565. The molecular formula is C18H24BNO4. The molecular weight excluding hydrogens is 305 g/mol. The zero-order chi connectivity index (χ0) is 17.7. The Labute approximate surface area is 144 Å². The average molecular weight is 329 g/mol. The number of nitriles is 1. The number of esters is 1. The number of carbonyl (C=O) groups excluding carboxylic acids is 1. The second-order valence-electron chi connectivity index (χ2n) is 7.15. The molecule has 0 aliphatic carbocycles. The van der Waals surface area contributed by atoms with Gasteiger partial charge in [-0.1, -0.05) is 29.8 Å². The van der Waals surface area contributed by atoms with E-state index in [2.05, 4.69) is 6.07 Å². The lowest BCUT2D eigenvalue weighted by Crippen LogP contribution is -2.49. The second-order valence-corrected chi connectivity index (χ2v) is 7.15. The molecule has 0 bridgehead atoms. The van der Waals surface area contributed by atoms with Crippen LogP contribution < -0.4 is 5.46 Å². The maximum Gasteiger partial charge on any atom is 0.494 e.